The van der Waals surface area contributed by atoms with Crippen LogP contribution in [0.3, 0.4) is 0 Å². The fraction of sp³-hybridized carbons (Fsp3) is 0.400. The summed E-state index contributed by atoms with van der Waals surface area (Å²) in [6.07, 6.45) is 0. The zero-order valence-corrected chi connectivity index (χ0v) is 12.7. The van der Waals surface area contributed by atoms with Crippen molar-refractivity contribution < 1.29 is 9.53 Å². The van der Waals surface area contributed by atoms with Gasteiger partial charge in [-0.05, 0) is 32.0 Å². The molecule has 1 rings (SSSR count). The lowest BCUT2D eigenvalue weighted by Crippen LogP contribution is -2.39. The summed E-state index contributed by atoms with van der Waals surface area (Å²) >= 11 is 6.08. The van der Waals surface area contributed by atoms with Gasteiger partial charge in [-0.3, -0.25) is 4.79 Å². The van der Waals surface area contributed by atoms with Crippen LogP contribution in [-0.4, -0.2) is 31.7 Å². The van der Waals surface area contributed by atoms with Gasteiger partial charge < -0.3 is 15.8 Å². The molecule has 0 unspecified atom stereocenters. The molecule has 1 amide bonds. The largest absolute Gasteiger partial charge is 0.377 e. The van der Waals surface area contributed by atoms with Crippen molar-refractivity contribution in [2.45, 2.75) is 19.4 Å². The Morgan fingerprint density at radius 2 is 2.20 bits per heavy atom. The number of hydrogen-bond acceptors (Lipinski definition) is 3. The Balaban J connectivity index is 2.78. The molecule has 0 spiro atoms. The Hall–Kier alpha value is -1.54. The normalized spacial score (nSPS) is 10.7. The second-order valence-electron chi connectivity index (χ2n) is 4.85. The molecule has 1 aromatic carbocycles. The smallest absolute Gasteiger partial charge is 0.251 e. The lowest BCUT2D eigenvalue weighted by atomic mass is 10.1. The number of benzene rings is 1. The Morgan fingerprint density at radius 3 is 2.75 bits per heavy atom. The average Bonchev–Trinajstić information content (AvgIpc) is 2.43. The summed E-state index contributed by atoms with van der Waals surface area (Å²) in [6, 6.07) is 4.99. The first kappa shape index (κ1) is 16.5. The van der Waals surface area contributed by atoms with Crippen molar-refractivity contribution >= 4 is 17.5 Å². The molecule has 0 saturated carbocycles. The fourth-order valence-electron chi connectivity index (χ4n) is 1.37. The van der Waals surface area contributed by atoms with Gasteiger partial charge >= 0.3 is 0 Å². The van der Waals surface area contributed by atoms with Crippen LogP contribution in [0.15, 0.2) is 18.2 Å². The highest BCUT2D eigenvalue weighted by Gasteiger charge is 2.18. The molecule has 5 heteroatoms. The van der Waals surface area contributed by atoms with E-state index in [9.17, 15) is 4.79 Å². The van der Waals surface area contributed by atoms with Crippen LogP contribution in [0, 0.1) is 11.8 Å². The monoisotopic (exact) mass is 294 g/mol. The number of carbonyl (C=O) groups excluding carboxylic acids is 1. The second kappa shape index (κ2) is 7.30. The predicted molar refractivity (Wildman–Crippen MR) is 80.8 cm³/mol. The van der Waals surface area contributed by atoms with Crippen molar-refractivity contribution in [3.63, 3.8) is 0 Å². The number of hydrogen-bond donors (Lipinski definition) is 2. The third-order valence-corrected chi connectivity index (χ3v) is 3.10. The van der Waals surface area contributed by atoms with Crippen LogP contribution in [0.4, 0.5) is 0 Å². The van der Waals surface area contributed by atoms with E-state index in [0.29, 0.717) is 22.7 Å². The maximum atomic E-state index is 12.0. The van der Waals surface area contributed by atoms with Crippen LogP contribution >= 0.6 is 11.6 Å². The van der Waals surface area contributed by atoms with Crippen molar-refractivity contribution in [1.82, 2.24) is 5.32 Å². The van der Waals surface area contributed by atoms with Gasteiger partial charge in [0.25, 0.3) is 5.91 Å². The number of carbonyl (C=O) groups is 1. The number of rotatable bonds is 4. The molecule has 0 radical (unpaired) electrons. The zero-order chi connectivity index (χ0) is 15.2. The first-order chi connectivity index (χ1) is 9.39. The lowest BCUT2D eigenvalue weighted by molar-refractivity contribution is 0.0229. The number of ether oxygens (including phenoxy) is 1. The summed E-state index contributed by atoms with van der Waals surface area (Å²) in [5, 5.41) is 3.24. The molecule has 3 N–H and O–H groups in total. The number of methoxy groups -OCH3 is 1. The quantitative estimate of drug-likeness (QED) is 0.833. The van der Waals surface area contributed by atoms with E-state index in [-0.39, 0.29) is 12.5 Å². The average molecular weight is 295 g/mol. The number of nitrogens with one attached hydrogen (secondary N) is 1. The van der Waals surface area contributed by atoms with E-state index in [1.807, 2.05) is 13.8 Å². The summed E-state index contributed by atoms with van der Waals surface area (Å²) in [6.45, 7) is 4.47. The standard InChI is InChI=1S/C15H19ClN2O2/c1-15(2,20-3)10-18-14(19)12-7-6-11(5-4-8-17)13(16)9-12/h6-7,9H,8,10,17H2,1-3H3,(H,18,19). The van der Waals surface area contributed by atoms with E-state index in [2.05, 4.69) is 17.2 Å². The molecule has 4 nitrogen and oxygen atoms in total. The number of nitrogens with two attached hydrogens (primary N) is 1. The minimum absolute atomic E-state index is 0.199. The van der Waals surface area contributed by atoms with Crippen LogP contribution in [-0.2, 0) is 4.74 Å². The Bertz CT molecular complexity index is 545. The van der Waals surface area contributed by atoms with Crippen molar-refractivity contribution in [1.29, 1.82) is 0 Å². The van der Waals surface area contributed by atoms with E-state index in [4.69, 9.17) is 22.1 Å². The highest BCUT2D eigenvalue weighted by Crippen LogP contribution is 2.17. The molecule has 0 atom stereocenters. The maximum absolute atomic E-state index is 12.0. The molecule has 0 aliphatic carbocycles. The first-order valence-electron chi connectivity index (χ1n) is 6.21. The minimum atomic E-state index is -0.411. The molecule has 0 fully saturated rings. The van der Waals surface area contributed by atoms with Gasteiger partial charge in [-0.2, -0.15) is 0 Å². The molecule has 0 aliphatic heterocycles. The molecule has 1 aromatic rings. The summed E-state index contributed by atoms with van der Waals surface area (Å²) in [4.78, 5) is 12.0. The van der Waals surface area contributed by atoms with E-state index in [1.165, 1.54) is 0 Å². The SMILES string of the molecule is COC(C)(C)CNC(=O)c1ccc(C#CCN)c(Cl)c1. The third kappa shape index (κ3) is 4.86. The highest BCUT2D eigenvalue weighted by molar-refractivity contribution is 6.32. The van der Waals surface area contributed by atoms with E-state index in [0.717, 1.165) is 0 Å². The van der Waals surface area contributed by atoms with Gasteiger partial charge in [-0.25, -0.2) is 0 Å². The maximum Gasteiger partial charge on any atom is 0.251 e. The molecule has 108 valence electrons. The van der Waals surface area contributed by atoms with Gasteiger partial charge in [0, 0.05) is 24.8 Å². The topological polar surface area (TPSA) is 64.3 Å². The molecule has 20 heavy (non-hydrogen) atoms. The van der Waals surface area contributed by atoms with Crippen LogP contribution in [0.1, 0.15) is 29.8 Å². The van der Waals surface area contributed by atoms with Crippen molar-refractivity contribution in [2.75, 3.05) is 20.2 Å². The number of halogens is 1. The Labute approximate surface area is 124 Å². The summed E-state index contributed by atoms with van der Waals surface area (Å²) in [5.41, 5.74) is 6.04. The molecule has 0 aliphatic rings. The van der Waals surface area contributed by atoms with E-state index in [1.54, 1.807) is 25.3 Å². The Morgan fingerprint density at radius 1 is 1.50 bits per heavy atom. The molecule has 0 saturated heterocycles. The molecular formula is C15H19ClN2O2. The lowest BCUT2D eigenvalue weighted by Gasteiger charge is -2.23. The van der Waals surface area contributed by atoms with Crippen LogP contribution in [0.25, 0.3) is 0 Å². The van der Waals surface area contributed by atoms with Crippen LogP contribution < -0.4 is 11.1 Å². The Kier molecular flexibility index (Phi) is 6.03. The van der Waals surface area contributed by atoms with Gasteiger partial charge in [-0.1, -0.05) is 23.4 Å². The highest BCUT2D eigenvalue weighted by atomic mass is 35.5. The van der Waals surface area contributed by atoms with Gasteiger partial charge in [0.15, 0.2) is 0 Å². The van der Waals surface area contributed by atoms with Gasteiger partial charge in [0.1, 0.15) is 0 Å². The van der Waals surface area contributed by atoms with Crippen molar-refractivity contribution in [3.8, 4) is 11.8 Å². The third-order valence-electron chi connectivity index (χ3n) is 2.78. The molecular weight excluding hydrogens is 276 g/mol. The van der Waals surface area contributed by atoms with Gasteiger partial charge in [0.2, 0.25) is 0 Å². The summed E-state index contributed by atoms with van der Waals surface area (Å²) in [7, 11) is 1.61. The molecule has 0 aromatic heterocycles. The first-order valence-corrected chi connectivity index (χ1v) is 6.59. The van der Waals surface area contributed by atoms with Crippen molar-refractivity contribution in [3.05, 3.63) is 34.3 Å². The van der Waals surface area contributed by atoms with Crippen molar-refractivity contribution in [2.24, 2.45) is 5.73 Å². The molecule has 0 bridgehead atoms. The van der Waals surface area contributed by atoms with Crippen LogP contribution in [0.5, 0.6) is 0 Å². The van der Waals surface area contributed by atoms with E-state index >= 15 is 0 Å². The summed E-state index contributed by atoms with van der Waals surface area (Å²) < 4.78 is 5.24. The van der Waals surface area contributed by atoms with Gasteiger partial charge in [0.05, 0.1) is 17.2 Å². The number of amides is 1. The second-order valence-corrected chi connectivity index (χ2v) is 5.25. The molecule has 0 heterocycles. The zero-order valence-electron chi connectivity index (χ0n) is 11.9. The predicted octanol–water partition coefficient (Wildman–Crippen LogP) is 1.81. The van der Waals surface area contributed by atoms with Crippen LogP contribution in [0.2, 0.25) is 5.02 Å². The van der Waals surface area contributed by atoms with E-state index < -0.39 is 5.60 Å². The summed E-state index contributed by atoms with van der Waals surface area (Å²) in [5.74, 6) is 5.37. The van der Waals surface area contributed by atoms with Gasteiger partial charge in [-0.15, -0.1) is 0 Å². The minimum Gasteiger partial charge on any atom is -0.377 e. The fourth-order valence-corrected chi connectivity index (χ4v) is 1.60.